The molecule has 0 radical (unpaired) electrons. The molecule has 76 valence electrons. The van der Waals surface area contributed by atoms with Gasteiger partial charge in [0, 0.05) is 10.7 Å². The lowest BCUT2D eigenvalue weighted by Gasteiger charge is -2.06. The molecule has 0 fully saturated rings. The van der Waals surface area contributed by atoms with Gasteiger partial charge in [0.1, 0.15) is 0 Å². The molecule has 1 aromatic carbocycles. The van der Waals surface area contributed by atoms with Gasteiger partial charge in [0.2, 0.25) is 0 Å². The van der Waals surface area contributed by atoms with E-state index in [1.165, 1.54) is 0 Å². The molecule has 0 atom stereocenters. The van der Waals surface area contributed by atoms with Crippen LogP contribution in [0.5, 0.6) is 0 Å². The first-order valence-corrected chi connectivity index (χ1v) is 8.53. The zero-order chi connectivity index (χ0) is 10.7. The summed E-state index contributed by atoms with van der Waals surface area (Å²) < 4.78 is 8.16. The molecule has 1 aromatic rings. The number of carbonyl (C=O) groups is 1. The third kappa shape index (κ3) is 3.30. The van der Waals surface area contributed by atoms with E-state index in [1.807, 2.05) is 12.1 Å². The Morgan fingerprint density at radius 3 is 2.57 bits per heavy atom. The number of ether oxygens (including phenoxy) is 1. The lowest BCUT2D eigenvalue weighted by Crippen LogP contribution is -2.09. The second-order valence-corrected chi connectivity index (χ2v) is 6.53. The second kappa shape index (κ2) is 5.99. The van der Waals surface area contributed by atoms with Crippen molar-refractivity contribution in [1.29, 1.82) is 0 Å². The average molecular weight is 544 g/mol. The highest BCUT2D eigenvalue weighted by Gasteiger charge is 2.13. The molecule has 6 heteroatoms. The Kier molecular flexibility index (Phi) is 5.63. The van der Waals surface area contributed by atoms with Crippen LogP contribution in [0.2, 0.25) is 0 Å². The number of esters is 1. The molecule has 0 spiro atoms. The fraction of sp³-hybridized carbons (Fsp3) is 0.125. The zero-order valence-corrected chi connectivity index (χ0v) is 15.8. The minimum absolute atomic E-state index is 0.208. The molecule has 0 N–H and O–H groups in total. The Labute approximate surface area is 126 Å². The van der Waals surface area contributed by atoms with E-state index in [2.05, 4.69) is 67.8 Å². The maximum absolute atomic E-state index is 11.6. The van der Waals surface area contributed by atoms with Gasteiger partial charge in [-0.05, 0) is 79.9 Å². The standard InChI is InChI=1S/C8H7I3O2Si/c9-4-1-5(8(12)13-3-14)7(11)6(10)2-4/h1-2H,3H2,14H3. The number of benzene rings is 1. The van der Waals surface area contributed by atoms with Crippen LogP contribution >= 0.6 is 67.8 Å². The molecule has 0 aliphatic heterocycles. The second-order valence-electron chi connectivity index (χ2n) is 2.47. The minimum atomic E-state index is -0.208. The molecule has 0 aliphatic carbocycles. The van der Waals surface area contributed by atoms with Crippen molar-refractivity contribution < 1.29 is 9.53 Å². The summed E-state index contributed by atoms with van der Waals surface area (Å²) in [6.07, 6.45) is 0.553. The largest absolute Gasteiger partial charge is 0.467 e. The van der Waals surface area contributed by atoms with Crippen molar-refractivity contribution in [3.8, 4) is 0 Å². The lowest BCUT2D eigenvalue weighted by molar-refractivity contribution is 0.0572. The Hall–Kier alpha value is 1.10. The highest BCUT2D eigenvalue weighted by atomic mass is 127. The van der Waals surface area contributed by atoms with E-state index in [0.717, 1.165) is 21.0 Å². The molecule has 0 saturated carbocycles. The van der Waals surface area contributed by atoms with Crippen LogP contribution < -0.4 is 0 Å². The normalized spacial score (nSPS) is 10.2. The van der Waals surface area contributed by atoms with Crippen LogP contribution in [0.15, 0.2) is 12.1 Å². The van der Waals surface area contributed by atoms with E-state index in [1.54, 1.807) is 0 Å². The molecule has 0 aromatic heterocycles. The topological polar surface area (TPSA) is 26.3 Å². The summed E-state index contributed by atoms with van der Waals surface area (Å²) in [4.78, 5) is 11.6. The van der Waals surface area contributed by atoms with Crippen LogP contribution in [-0.2, 0) is 4.74 Å². The molecule has 1 rings (SSSR count). The maximum Gasteiger partial charge on any atom is 0.338 e. The summed E-state index contributed by atoms with van der Waals surface area (Å²) in [5, 5.41) is 0. The van der Waals surface area contributed by atoms with Crippen LogP contribution in [0.4, 0.5) is 0 Å². The Morgan fingerprint density at radius 2 is 2.00 bits per heavy atom. The van der Waals surface area contributed by atoms with Crippen molar-refractivity contribution in [2.24, 2.45) is 0 Å². The summed E-state index contributed by atoms with van der Waals surface area (Å²) in [7, 11) is 0.883. The fourth-order valence-corrected chi connectivity index (χ4v) is 3.55. The van der Waals surface area contributed by atoms with Gasteiger partial charge in [0.25, 0.3) is 0 Å². The smallest absolute Gasteiger partial charge is 0.338 e. The summed E-state index contributed by atoms with van der Waals surface area (Å²) >= 11 is 6.60. The Morgan fingerprint density at radius 1 is 1.36 bits per heavy atom. The molecule has 0 aliphatic rings. The van der Waals surface area contributed by atoms with Crippen molar-refractivity contribution >= 4 is 84.0 Å². The number of hydrogen-bond acceptors (Lipinski definition) is 2. The van der Waals surface area contributed by atoms with Crippen molar-refractivity contribution in [3.63, 3.8) is 0 Å². The van der Waals surface area contributed by atoms with E-state index in [4.69, 9.17) is 4.74 Å². The van der Waals surface area contributed by atoms with Crippen LogP contribution in [0.3, 0.4) is 0 Å². The molecule has 0 bridgehead atoms. The van der Waals surface area contributed by atoms with Crippen LogP contribution in [-0.4, -0.2) is 22.4 Å². The van der Waals surface area contributed by atoms with Crippen molar-refractivity contribution in [2.45, 2.75) is 0 Å². The predicted octanol–water partition coefficient (Wildman–Crippen LogP) is 1.98. The van der Waals surface area contributed by atoms with Gasteiger partial charge in [-0.15, -0.1) is 0 Å². The Bertz CT molecular complexity index is 368. The van der Waals surface area contributed by atoms with Gasteiger partial charge in [-0.2, -0.15) is 0 Å². The van der Waals surface area contributed by atoms with Crippen LogP contribution in [0.25, 0.3) is 0 Å². The third-order valence-corrected chi connectivity index (χ3v) is 5.44. The van der Waals surface area contributed by atoms with Crippen LogP contribution in [0, 0.1) is 10.7 Å². The Balaban J connectivity index is 3.13. The van der Waals surface area contributed by atoms with Gasteiger partial charge >= 0.3 is 5.97 Å². The van der Waals surface area contributed by atoms with Gasteiger partial charge in [0.15, 0.2) is 0 Å². The highest BCUT2D eigenvalue weighted by molar-refractivity contribution is 14.1. The molecular formula is C8H7I3O2Si. The monoisotopic (exact) mass is 544 g/mol. The quantitative estimate of drug-likeness (QED) is 0.247. The number of carbonyl (C=O) groups excluding carboxylic acids is 1. The third-order valence-electron chi connectivity index (χ3n) is 1.49. The van der Waals surface area contributed by atoms with Crippen molar-refractivity contribution in [2.75, 3.05) is 6.23 Å². The summed E-state index contributed by atoms with van der Waals surface area (Å²) in [5.74, 6) is -0.208. The summed E-state index contributed by atoms with van der Waals surface area (Å²) in [6.45, 7) is 0. The molecule has 0 unspecified atom stereocenters. The highest BCUT2D eigenvalue weighted by Crippen LogP contribution is 2.23. The molecule has 0 amide bonds. The van der Waals surface area contributed by atoms with Gasteiger partial charge in [0.05, 0.1) is 22.0 Å². The zero-order valence-electron chi connectivity index (χ0n) is 7.31. The van der Waals surface area contributed by atoms with E-state index < -0.39 is 0 Å². The molecular weight excluding hydrogens is 537 g/mol. The SMILES string of the molecule is O=C(OC[SiH3])c1cc(I)cc(I)c1I. The van der Waals surface area contributed by atoms with Crippen LogP contribution in [0.1, 0.15) is 10.4 Å². The molecule has 0 saturated heterocycles. The first-order chi connectivity index (χ1) is 6.56. The van der Waals surface area contributed by atoms with Crippen molar-refractivity contribution in [1.82, 2.24) is 0 Å². The lowest BCUT2D eigenvalue weighted by atomic mass is 10.2. The van der Waals surface area contributed by atoms with Gasteiger partial charge in [-0.3, -0.25) is 0 Å². The molecule has 14 heavy (non-hydrogen) atoms. The number of rotatable bonds is 2. The first kappa shape index (κ1) is 13.2. The molecule has 0 heterocycles. The van der Waals surface area contributed by atoms with Gasteiger partial charge in [-0.25, -0.2) is 4.79 Å². The predicted molar refractivity (Wildman–Crippen MR) is 84.8 cm³/mol. The van der Waals surface area contributed by atoms with Crippen molar-refractivity contribution in [3.05, 3.63) is 28.4 Å². The fourth-order valence-electron chi connectivity index (χ4n) is 0.913. The van der Waals surface area contributed by atoms with E-state index >= 15 is 0 Å². The maximum atomic E-state index is 11.6. The number of hydrogen-bond donors (Lipinski definition) is 0. The average Bonchev–Trinajstić information content (AvgIpc) is 2.11. The number of halogens is 3. The minimum Gasteiger partial charge on any atom is -0.467 e. The summed E-state index contributed by atoms with van der Waals surface area (Å²) in [6, 6.07) is 3.91. The van der Waals surface area contributed by atoms with E-state index in [-0.39, 0.29) is 5.97 Å². The molecule has 2 nitrogen and oxygen atoms in total. The van der Waals surface area contributed by atoms with Gasteiger partial charge in [-0.1, -0.05) is 0 Å². The first-order valence-electron chi connectivity index (χ1n) is 3.88. The summed E-state index contributed by atoms with van der Waals surface area (Å²) in [5.41, 5.74) is 0.678. The van der Waals surface area contributed by atoms with E-state index in [9.17, 15) is 4.79 Å². The van der Waals surface area contributed by atoms with Gasteiger partial charge < -0.3 is 4.74 Å². The van der Waals surface area contributed by atoms with E-state index in [0.29, 0.717) is 11.8 Å².